The fraction of sp³-hybridized carbons (Fsp3) is 0.250. The van der Waals surface area contributed by atoms with Crippen LogP contribution in [0.3, 0.4) is 0 Å². The number of ether oxygens (including phenoxy) is 1. The fourth-order valence-corrected chi connectivity index (χ4v) is 3.66. The van der Waals surface area contributed by atoms with Crippen molar-refractivity contribution in [2.24, 2.45) is 0 Å². The minimum atomic E-state index is -0.0405. The van der Waals surface area contributed by atoms with Gasteiger partial charge in [0.2, 0.25) is 0 Å². The van der Waals surface area contributed by atoms with Gasteiger partial charge < -0.3 is 15.0 Å². The topological polar surface area (TPSA) is 67.4 Å². The summed E-state index contributed by atoms with van der Waals surface area (Å²) in [5, 5.41) is 5.99. The van der Waals surface area contributed by atoms with Crippen molar-refractivity contribution in [2.75, 3.05) is 11.9 Å². The highest BCUT2D eigenvalue weighted by molar-refractivity contribution is 7.13. The van der Waals surface area contributed by atoms with Crippen molar-refractivity contribution in [3.63, 3.8) is 0 Å². The molecule has 0 radical (unpaired) electrons. The maximum atomic E-state index is 12.5. The quantitative estimate of drug-likeness (QED) is 0.745. The number of hydrogen-bond acceptors (Lipinski definition) is 6. The van der Waals surface area contributed by atoms with Crippen LogP contribution in [0.15, 0.2) is 41.8 Å². The van der Waals surface area contributed by atoms with E-state index in [4.69, 9.17) is 4.74 Å². The predicted octanol–water partition coefficient (Wildman–Crippen LogP) is 3.82. The van der Waals surface area contributed by atoms with Crippen LogP contribution >= 0.6 is 11.3 Å². The van der Waals surface area contributed by atoms with Crippen LogP contribution in [0.1, 0.15) is 22.5 Å². The van der Waals surface area contributed by atoms with Crippen LogP contribution in [0.25, 0.3) is 0 Å². The molecule has 0 saturated carbocycles. The zero-order valence-corrected chi connectivity index (χ0v) is 16.0. The van der Waals surface area contributed by atoms with Gasteiger partial charge in [-0.15, -0.1) is 11.3 Å². The van der Waals surface area contributed by atoms with Gasteiger partial charge in [0.15, 0.2) is 11.7 Å². The van der Waals surface area contributed by atoms with Crippen LogP contribution in [-0.2, 0) is 17.9 Å². The first kappa shape index (κ1) is 17.5. The number of amides is 1. The molecular formula is C20H20N4O2S. The van der Waals surface area contributed by atoms with Crippen molar-refractivity contribution in [3.8, 4) is 5.75 Å². The molecule has 138 valence electrons. The molecular weight excluding hydrogens is 360 g/mol. The lowest BCUT2D eigenvalue weighted by Crippen LogP contribution is -2.32. The van der Waals surface area contributed by atoms with E-state index in [-0.39, 0.29) is 12.5 Å². The van der Waals surface area contributed by atoms with E-state index in [0.29, 0.717) is 24.7 Å². The Labute approximate surface area is 161 Å². The van der Waals surface area contributed by atoms with Crippen molar-refractivity contribution < 1.29 is 9.53 Å². The van der Waals surface area contributed by atoms with Crippen molar-refractivity contribution in [3.05, 3.63) is 64.3 Å². The molecule has 4 rings (SSSR count). The molecule has 7 heteroatoms. The Morgan fingerprint density at radius 3 is 2.81 bits per heavy atom. The van der Waals surface area contributed by atoms with E-state index in [2.05, 4.69) is 28.3 Å². The highest BCUT2D eigenvalue weighted by atomic mass is 32.1. The van der Waals surface area contributed by atoms with Crippen molar-refractivity contribution >= 4 is 28.2 Å². The van der Waals surface area contributed by atoms with E-state index in [1.807, 2.05) is 42.6 Å². The Hall–Kier alpha value is -2.93. The number of anilines is 2. The molecule has 1 N–H and O–H groups in total. The molecule has 3 aromatic rings. The van der Waals surface area contributed by atoms with E-state index in [1.54, 1.807) is 4.90 Å². The summed E-state index contributed by atoms with van der Waals surface area (Å²) < 4.78 is 5.67. The van der Waals surface area contributed by atoms with Gasteiger partial charge in [-0.3, -0.25) is 4.79 Å². The van der Waals surface area contributed by atoms with E-state index < -0.39 is 0 Å². The maximum Gasteiger partial charge on any atom is 0.261 e. The summed E-state index contributed by atoms with van der Waals surface area (Å²) in [4.78, 5) is 23.4. The second-order valence-corrected chi connectivity index (χ2v) is 7.38. The number of thiazole rings is 1. The summed E-state index contributed by atoms with van der Waals surface area (Å²) in [6, 6.07) is 11.8. The standard InChI is InChI=1S/C20H20N4O2S/c1-13-5-3-4-6-15(13)9-24-10-16-17(26-11-19(24)25)7-8-18(22-16)23-20-21-14(2)12-27-20/h3-8,12H,9-11H2,1-2H3,(H,21,22,23). The fourth-order valence-electron chi connectivity index (χ4n) is 2.96. The Bertz CT molecular complexity index is 986. The van der Waals surface area contributed by atoms with Gasteiger partial charge in [0.1, 0.15) is 17.3 Å². The Kier molecular flexibility index (Phi) is 4.77. The van der Waals surface area contributed by atoms with Gasteiger partial charge >= 0.3 is 0 Å². The molecule has 0 fully saturated rings. The number of pyridine rings is 1. The van der Waals surface area contributed by atoms with Gasteiger partial charge in [0, 0.05) is 11.9 Å². The largest absolute Gasteiger partial charge is 0.482 e. The monoisotopic (exact) mass is 380 g/mol. The van der Waals surface area contributed by atoms with E-state index >= 15 is 0 Å². The second-order valence-electron chi connectivity index (χ2n) is 6.53. The molecule has 0 bridgehead atoms. The summed E-state index contributed by atoms with van der Waals surface area (Å²) in [6.45, 7) is 4.99. The molecule has 0 unspecified atom stereocenters. The van der Waals surface area contributed by atoms with Crippen LogP contribution in [0, 0.1) is 13.8 Å². The maximum absolute atomic E-state index is 12.5. The molecule has 2 aromatic heterocycles. The number of fused-ring (bicyclic) bond motifs is 1. The summed E-state index contributed by atoms with van der Waals surface area (Å²) in [5.41, 5.74) is 4.00. The van der Waals surface area contributed by atoms with Gasteiger partial charge in [-0.25, -0.2) is 9.97 Å². The zero-order valence-electron chi connectivity index (χ0n) is 15.2. The Morgan fingerprint density at radius 2 is 2.04 bits per heavy atom. The minimum Gasteiger partial charge on any atom is -0.482 e. The van der Waals surface area contributed by atoms with Gasteiger partial charge in [-0.2, -0.15) is 0 Å². The summed E-state index contributed by atoms with van der Waals surface area (Å²) >= 11 is 1.53. The van der Waals surface area contributed by atoms with Crippen molar-refractivity contribution in [2.45, 2.75) is 26.9 Å². The van der Waals surface area contributed by atoms with Gasteiger partial charge in [-0.05, 0) is 37.1 Å². The normalized spacial score (nSPS) is 13.7. The molecule has 1 aliphatic heterocycles. The lowest BCUT2D eigenvalue weighted by Gasteiger charge is -2.21. The number of aromatic nitrogens is 2. The number of nitrogens with zero attached hydrogens (tertiary/aromatic N) is 3. The number of nitrogens with one attached hydrogen (secondary N) is 1. The third-order valence-corrected chi connectivity index (χ3v) is 5.33. The van der Waals surface area contributed by atoms with Gasteiger partial charge in [-0.1, -0.05) is 24.3 Å². The highest BCUT2D eigenvalue weighted by Crippen LogP contribution is 2.27. The minimum absolute atomic E-state index is 0.0268. The van der Waals surface area contributed by atoms with Crippen molar-refractivity contribution in [1.29, 1.82) is 0 Å². The van der Waals surface area contributed by atoms with Gasteiger partial charge in [0.25, 0.3) is 5.91 Å². The van der Waals surface area contributed by atoms with E-state index in [1.165, 1.54) is 16.9 Å². The average Bonchev–Trinajstić information content (AvgIpc) is 2.99. The Balaban J connectivity index is 1.57. The molecule has 0 atom stereocenters. The van der Waals surface area contributed by atoms with Crippen molar-refractivity contribution in [1.82, 2.24) is 14.9 Å². The first-order chi connectivity index (χ1) is 13.1. The highest BCUT2D eigenvalue weighted by Gasteiger charge is 2.23. The van der Waals surface area contributed by atoms with Crippen LogP contribution in [0.4, 0.5) is 10.9 Å². The SMILES string of the molecule is Cc1csc(Nc2ccc3c(n2)CN(Cc2ccccc2C)C(=O)CO3)n1. The molecule has 1 aliphatic rings. The van der Waals surface area contributed by atoms with Crippen LogP contribution < -0.4 is 10.1 Å². The van der Waals surface area contributed by atoms with Gasteiger partial charge in [0.05, 0.1) is 12.2 Å². The van der Waals surface area contributed by atoms with Crippen LogP contribution in [-0.4, -0.2) is 27.4 Å². The summed E-state index contributed by atoms with van der Waals surface area (Å²) in [6.07, 6.45) is 0. The first-order valence-electron chi connectivity index (χ1n) is 8.72. The number of carbonyl (C=O) groups is 1. The Morgan fingerprint density at radius 1 is 1.19 bits per heavy atom. The molecule has 27 heavy (non-hydrogen) atoms. The first-order valence-corrected chi connectivity index (χ1v) is 9.60. The van der Waals surface area contributed by atoms with Crippen LogP contribution in [0.5, 0.6) is 5.75 Å². The molecule has 6 nitrogen and oxygen atoms in total. The third kappa shape index (κ3) is 3.93. The smallest absolute Gasteiger partial charge is 0.261 e. The van der Waals surface area contributed by atoms with Crippen LogP contribution in [0.2, 0.25) is 0 Å². The molecule has 1 aromatic carbocycles. The number of benzene rings is 1. The number of aryl methyl sites for hydroxylation is 2. The predicted molar refractivity (Wildman–Crippen MR) is 105 cm³/mol. The molecule has 0 saturated heterocycles. The molecule has 0 spiro atoms. The molecule has 0 aliphatic carbocycles. The third-order valence-electron chi connectivity index (χ3n) is 4.45. The molecule has 3 heterocycles. The average molecular weight is 380 g/mol. The molecule has 1 amide bonds. The number of rotatable bonds is 4. The summed E-state index contributed by atoms with van der Waals surface area (Å²) in [5.74, 6) is 1.30. The lowest BCUT2D eigenvalue weighted by molar-refractivity contribution is -0.133. The second kappa shape index (κ2) is 7.36. The van der Waals surface area contributed by atoms with E-state index in [0.717, 1.165) is 22.1 Å². The lowest BCUT2D eigenvalue weighted by atomic mass is 10.1. The number of hydrogen-bond donors (Lipinski definition) is 1. The number of carbonyl (C=O) groups excluding carboxylic acids is 1. The van der Waals surface area contributed by atoms with E-state index in [9.17, 15) is 4.79 Å². The summed E-state index contributed by atoms with van der Waals surface area (Å²) in [7, 11) is 0. The zero-order chi connectivity index (χ0) is 18.8.